The van der Waals surface area contributed by atoms with Crippen molar-refractivity contribution in [2.45, 2.75) is 0 Å². The maximum Gasteiger partial charge on any atom is 0.0662 e. The highest BCUT2D eigenvalue weighted by Gasteiger charge is 2.55. The number of nitriles is 1. The molecule has 2 aliphatic rings. The molecule has 0 bridgehead atoms. The number of nitrogens with two attached hydrogens (primary N) is 1. The number of piperidine rings is 1. The van der Waals surface area contributed by atoms with Gasteiger partial charge in [-0.1, -0.05) is 0 Å². The molecule has 0 amide bonds. The molecule has 0 aromatic heterocycles. The van der Waals surface area contributed by atoms with Gasteiger partial charge >= 0.3 is 0 Å². The van der Waals surface area contributed by atoms with E-state index in [9.17, 15) is 0 Å². The largest absolute Gasteiger partial charge is 0.269 e. The molecule has 0 spiro atoms. The Kier molecular flexibility index (Phi) is 0.850. The maximum absolute atomic E-state index is 8.49. The van der Waals surface area contributed by atoms with Crippen LogP contribution in [0.25, 0.3) is 0 Å². The minimum absolute atomic E-state index is 0.338. The van der Waals surface area contributed by atoms with Crippen LogP contribution in [0, 0.1) is 29.1 Å². The number of fused-ring (bicyclic) bond motifs is 1. The van der Waals surface area contributed by atoms with Crippen LogP contribution in [0.3, 0.4) is 0 Å². The van der Waals surface area contributed by atoms with Crippen molar-refractivity contribution in [3.05, 3.63) is 0 Å². The molecule has 0 aromatic carbocycles. The molecule has 48 valence electrons. The van der Waals surface area contributed by atoms with E-state index < -0.39 is 0 Å². The average molecular weight is 123 g/mol. The normalized spacial score (nSPS) is 48.2. The Balaban J connectivity index is 2.00. The molecular weight excluding hydrogens is 114 g/mol. The third kappa shape index (κ3) is 0.576. The molecule has 1 saturated heterocycles. The summed E-state index contributed by atoms with van der Waals surface area (Å²) in [5.41, 5.74) is 0. The molecule has 2 rings (SSSR count). The van der Waals surface area contributed by atoms with Crippen LogP contribution < -0.4 is 5.84 Å². The van der Waals surface area contributed by atoms with Crippen molar-refractivity contribution in [1.82, 2.24) is 5.01 Å². The summed E-state index contributed by atoms with van der Waals surface area (Å²) >= 11 is 0. The van der Waals surface area contributed by atoms with Crippen molar-refractivity contribution in [2.24, 2.45) is 23.6 Å². The predicted molar refractivity (Wildman–Crippen MR) is 31.8 cm³/mol. The Labute approximate surface area is 54.0 Å². The minimum Gasteiger partial charge on any atom is -0.269 e. The Morgan fingerprint density at radius 1 is 1.44 bits per heavy atom. The summed E-state index contributed by atoms with van der Waals surface area (Å²) in [6.07, 6.45) is 0. The van der Waals surface area contributed by atoms with Crippen LogP contribution in [-0.4, -0.2) is 18.1 Å². The fourth-order valence-electron chi connectivity index (χ4n) is 1.75. The van der Waals surface area contributed by atoms with E-state index in [0.29, 0.717) is 17.8 Å². The first kappa shape index (κ1) is 5.21. The quantitative estimate of drug-likeness (QED) is 0.444. The summed E-state index contributed by atoms with van der Waals surface area (Å²) in [6, 6.07) is 2.28. The molecule has 3 nitrogen and oxygen atoms in total. The highest BCUT2D eigenvalue weighted by Crippen LogP contribution is 2.50. The number of hydrazine groups is 1. The minimum atomic E-state index is 0.338. The van der Waals surface area contributed by atoms with E-state index in [0.717, 1.165) is 13.1 Å². The Morgan fingerprint density at radius 2 is 2.00 bits per heavy atom. The second-order valence-corrected chi connectivity index (χ2v) is 2.94. The molecule has 1 aliphatic heterocycles. The molecule has 3 heteroatoms. The summed E-state index contributed by atoms with van der Waals surface area (Å²) in [5, 5.41) is 10.3. The van der Waals surface area contributed by atoms with E-state index in [1.165, 1.54) is 0 Å². The van der Waals surface area contributed by atoms with Gasteiger partial charge in [0, 0.05) is 13.1 Å². The van der Waals surface area contributed by atoms with Gasteiger partial charge in [0.25, 0.3) is 0 Å². The van der Waals surface area contributed by atoms with E-state index in [-0.39, 0.29) is 0 Å². The smallest absolute Gasteiger partial charge is 0.0662 e. The molecule has 1 heterocycles. The first-order valence-electron chi connectivity index (χ1n) is 3.22. The molecule has 0 aromatic rings. The van der Waals surface area contributed by atoms with Gasteiger partial charge in [0.2, 0.25) is 0 Å². The van der Waals surface area contributed by atoms with Gasteiger partial charge in [-0.15, -0.1) is 0 Å². The molecule has 3 atom stereocenters. The van der Waals surface area contributed by atoms with E-state index >= 15 is 0 Å². The van der Waals surface area contributed by atoms with Crippen LogP contribution in [0.15, 0.2) is 0 Å². The summed E-state index contributed by atoms with van der Waals surface area (Å²) in [5.74, 6) is 7.06. The highest BCUT2D eigenvalue weighted by molar-refractivity contribution is 5.13. The second kappa shape index (κ2) is 1.47. The molecule has 9 heavy (non-hydrogen) atoms. The third-order valence-electron chi connectivity index (χ3n) is 2.37. The fourth-order valence-corrected chi connectivity index (χ4v) is 1.75. The predicted octanol–water partition coefficient (Wildman–Crippen LogP) is -0.439. The van der Waals surface area contributed by atoms with Crippen LogP contribution in [-0.2, 0) is 0 Å². The monoisotopic (exact) mass is 123 g/mol. The van der Waals surface area contributed by atoms with Gasteiger partial charge in [0.1, 0.15) is 0 Å². The van der Waals surface area contributed by atoms with Gasteiger partial charge < -0.3 is 0 Å². The highest BCUT2D eigenvalue weighted by atomic mass is 15.4. The van der Waals surface area contributed by atoms with E-state index in [4.69, 9.17) is 11.1 Å². The first-order valence-corrected chi connectivity index (χ1v) is 3.22. The van der Waals surface area contributed by atoms with Gasteiger partial charge in [-0.25, -0.2) is 5.01 Å². The van der Waals surface area contributed by atoms with Crippen molar-refractivity contribution in [3.8, 4) is 6.07 Å². The zero-order valence-corrected chi connectivity index (χ0v) is 5.12. The number of hydrogen-bond acceptors (Lipinski definition) is 3. The van der Waals surface area contributed by atoms with Crippen LogP contribution >= 0.6 is 0 Å². The number of rotatable bonds is 0. The standard InChI is InChI=1S/C6H9N3/c7-1-4-5-2-9(8)3-6(4)5/h4-6H,2-3,8H2/t4?,5-,6+. The topological polar surface area (TPSA) is 53.0 Å². The first-order chi connectivity index (χ1) is 4.33. The van der Waals surface area contributed by atoms with Crippen LogP contribution in [0.2, 0.25) is 0 Å². The lowest BCUT2D eigenvalue weighted by Gasteiger charge is -2.08. The molecule has 1 saturated carbocycles. The van der Waals surface area contributed by atoms with Crippen molar-refractivity contribution in [2.75, 3.05) is 13.1 Å². The fraction of sp³-hybridized carbons (Fsp3) is 0.833. The molecule has 0 radical (unpaired) electrons. The Bertz CT molecular complexity index is 160. The lowest BCUT2D eigenvalue weighted by atomic mass is 10.3. The second-order valence-electron chi connectivity index (χ2n) is 2.94. The van der Waals surface area contributed by atoms with Crippen LogP contribution in [0.5, 0.6) is 0 Å². The summed E-state index contributed by atoms with van der Waals surface area (Å²) < 4.78 is 0. The zero-order valence-electron chi connectivity index (χ0n) is 5.12. The van der Waals surface area contributed by atoms with Crippen molar-refractivity contribution < 1.29 is 0 Å². The van der Waals surface area contributed by atoms with Crippen LogP contribution in [0.1, 0.15) is 0 Å². The van der Waals surface area contributed by atoms with Crippen molar-refractivity contribution >= 4 is 0 Å². The SMILES string of the molecule is N#CC1[C@H]2CN(N)C[C@@H]12. The van der Waals surface area contributed by atoms with Gasteiger partial charge in [0.05, 0.1) is 12.0 Å². The number of nitrogens with zero attached hydrogens (tertiary/aromatic N) is 2. The molecular formula is C6H9N3. The summed E-state index contributed by atoms with van der Waals surface area (Å²) in [7, 11) is 0. The van der Waals surface area contributed by atoms with Gasteiger partial charge in [-0.05, 0) is 11.8 Å². The van der Waals surface area contributed by atoms with E-state index in [1.54, 1.807) is 0 Å². The Morgan fingerprint density at radius 3 is 2.44 bits per heavy atom. The van der Waals surface area contributed by atoms with Crippen molar-refractivity contribution in [3.63, 3.8) is 0 Å². The number of hydrogen-bond donors (Lipinski definition) is 1. The summed E-state index contributed by atoms with van der Waals surface area (Å²) in [4.78, 5) is 0. The third-order valence-corrected chi connectivity index (χ3v) is 2.37. The van der Waals surface area contributed by atoms with Crippen molar-refractivity contribution in [1.29, 1.82) is 5.26 Å². The molecule has 1 aliphatic carbocycles. The maximum atomic E-state index is 8.49. The Hall–Kier alpha value is -0.590. The lowest BCUT2D eigenvalue weighted by molar-refractivity contribution is 0.306. The summed E-state index contributed by atoms with van der Waals surface area (Å²) in [6.45, 7) is 1.87. The van der Waals surface area contributed by atoms with Gasteiger partial charge in [-0.2, -0.15) is 5.26 Å². The van der Waals surface area contributed by atoms with E-state index in [2.05, 4.69) is 6.07 Å². The molecule has 1 unspecified atom stereocenters. The van der Waals surface area contributed by atoms with Gasteiger partial charge in [-0.3, -0.25) is 5.84 Å². The molecule has 2 fully saturated rings. The molecule has 2 N–H and O–H groups in total. The van der Waals surface area contributed by atoms with Crippen LogP contribution in [0.4, 0.5) is 0 Å². The average Bonchev–Trinajstić information content (AvgIpc) is 2.30. The van der Waals surface area contributed by atoms with Gasteiger partial charge in [0.15, 0.2) is 0 Å². The zero-order chi connectivity index (χ0) is 6.43. The lowest BCUT2D eigenvalue weighted by Crippen LogP contribution is -2.31. The van der Waals surface area contributed by atoms with E-state index in [1.807, 2.05) is 5.01 Å².